The van der Waals surface area contributed by atoms with Crippen molar-refractivity contribution in [2.75, 3.05) is 7.11 Å². The summed E-state index contributed by atoms with van der Waals surface area (Å²) in [7, 11) is 1.58. The number of benzene rings is 1. The smallest absolute Gasteiger partial charge is 0.233 e. The van der Waals surface area contributed by atoms with Crippen LogP contribution < -0.4 is 4.74 Å². The van der Waals surface area contributed by atoms with E-state index in [0.717, 1.165) is 35.3 Å². The molecule has 0 bridgehead atoms. The number of nitrogens with zero attached hydrogens (tertiary/aromatic N) is 4. The van der Waals surface area contributed by atoms with Crippen molar-refractivity contribution in [3.63, 3.8) is 0 Å². The lowest BCUT2D eigenvalue weighted by Crippen LogP contribution is -2.00. The molecule has 0 amide bonds. The predicted molar refractivity (Wildman–Crippen MR) is 107 cm³/mol. The van der Waals surface area contributed by atoms with Crippen LogP contribution in [0.4, 0.5) is 0 Å². The van der Waals surface area contributed by atoms with Crippen LogP contribution in [0.25, 0.3) is 28.0 Å². The number of methoxy groups -OCH3 is 1. The Hall–Kier alpha value is -3.21. The lowest BCUT2D eigenvalue weighted by Gasteiger charge is -2.13. The van der Waals surface area contributed by atoms with E-state index in [1.807, 2.05) is 23.0 Å². The predicted octanol–water partition coefficient (Wildman–Crippen LogP) is 4.62. The standard InChI is InChI=1S/C22H22N4O/c1-4-15-7-6-8-16(5-2)22(15)18-13-17-11-12-26(19(17)14-23-18)20-9-10-21(27-3)25-24-20/h6-14H,4-5H2,1-3H3. The molecule has 4 aromatic rings. The SMILES string of the molecule is CCc1cccc(CC)c1-c1cc2ccn(-c3ccc(OC)nn3)c2cn1. The fraction of sp³-hybridized carbons (Fsp3) is 0.227. The maximum Gasteiger partial charge on any atom is 0.233 e. The Labute approximate surface area is 158 Å². The van der Waals surface area contributed by atoms with Crippen LogP contribution in [0.2, 0.25) is 0 Å². The van der Waals surface area contributed by atoms with Gasteiger partial charge in [0.05, 0.1) is 24.5 Å². The first-order chi connectivity index (χ1) is 13.2. The molecule has 0 radical (unpaired) electrons. The van der Waals surface area contributed by atoms with Gasteiger partial charge in [-0.05, 0) is 42.2 Å². The van der Waals surface area contributed by atoms with Crippen LogP contribution in [-0.2, 0) is 12.8 Å². The molecule has 5 nitrogen and oxygen atoms in total. The average Bonchev–Trinajstić information content (AvgIpc) is 3.16. The van der Waals surface area contributed by atoms with Gasteiger partial charge < -0.3 is 4.74 Å². The Morgan fingerprint density at radius 2 is 1.74 bits per heavy atom. The second-order valence-electron chi connectivity index (χ2n) is 6.41. The van der Waals surface area contributed by atoms with E-state index in [1.165, 1.54) is 16.7 Å². The van der Waals surface area contributed by atoms with E-state index in [1.54, 1.807) is 13.2 Å². The van der Waals surface area contributed by atoms with Crippen molar-refractivity contribution in [1.29, 1.82) is 0 Å². The van der Waals surface area contributed by atoms with Gasteiger partial charge in [-0.15, -0.1) is 10.2 Å². The molecule has 3 aromatic heterocycles. The van der Waals surface area contributed by atoms with Crippen molar-refractivity contribution in [1.82, 2.24) is 19.7 Å². The molecule has 4 rings (SSSR count). The molecule has 27 heavy (non-hydrogen) atoms. The Kier molecular flexibility index (Phi) is 4.59. The van der Waals surface area contributed by atoms with Gasteiger partial charge in [0.2, 0.25) is 5.88 Å². The molecule has 0 atom stereocenters. The second-order valence-corrected chi connectivity index (χ2v) is 6.41. The number of rotatable bonds is 5. The zero-order chi connectivity index (χ0) is 18.8. The number of hydrogen-bond acceptors (Lipinski definition) is 4. The lowest BCUT2D eigenvalue weighted by atomic mass is 9.94. The quantitative estimate of drug-likeness (QED) is 0.522. The highest BCUT2D eigenvalue weighted by Gasteiger charge is 2.13. The number of ether oxygens (including phenoxy) is 1. The maximum absolute atomic E-state index is 5.09. The zero-order valence-electron chi connectivity index (χ0n) is 15.8. The van der Waals surface area contributed by atoms with E-state index < -0.39 is 0 Å². The summed E-state index contributed by atoms with van der Waals surface area (Å²) in [4.78, 5) is 4.79. The van der Waals surface area contributed by atoms with Crippen molar-refractivity contribution in [3.8, 4) is 23.0 Å². The molecule has 0 saturated carbocycles. The van der Waals surface area contributed by atoms with E-state index >= 15 is 0 Å². The molecule has 0 aliphatic rings. The number of fused-ring (bicyclic) bond motifs is 1. The topological polar surface area (TPSA) is 52.8 Å². The van der Waals surface area contributed by atoms with Crippen LogP contribution in [0.15, 0.2) is 54.9 Å². The summed E-state index contributed by atoms with van der Waals surface area (Å²) in [6.07, 6.45) is 5.90. The Morgan fingerprint density at radius 3 is 2.37 bits per heavy atom. The first-order valence-electron chi connectivity index (χ1n) is 9.21. The van der Waals surface area contributed by atoms with E-state index in [4.69, 9.17) is 9.72 Å². The molecular formula is C22H22N4O. The molecule has 5 heteroatoms. The third-order valence-electron chi connectivity index (χ3n) is 4.91. The number of hydrogen-bond donors (Lipinski definition) is 0. The molecule has 0 aliphatic carbocycles. The van der Waals surface area contributed by atoms with Gasteiger partial charge in [0, 0.05) is 23.2 Å². The molecule has 0 N–H and O–H groups in total. The highest BCUT2D eigenvalue weighted by molar-refractivity contribution is 5.85. The van der Waals surface area contributed by atoms with Gasteiger partial charge in [0.15, 0.2) is 5.82 Å². The summed E-state index contributed by atoms with van der Waals surface area (Å²) in [5, 5.41) is 9.42. The van der Waals surface area contributed by atoms with Gasteiger partial charge in [0.1, 0.15) is 0 Å². The minimum absolute atomic E-state index is 0.499. The minimum Gasteiger partial charge on any atom is -0.480 e. The summed E-state index contributed by atoms with van der Waals surface area (Å²) in [6.45, 7) is 4.38. The van der Waals surface area contributed by atoms with E-state index in [0.29, 0.717) is 5.88 Å². The summed E-state index contributed by atoms with van der Waals surface area (Å²) < 4.78 is 7.08. The van der Waals surface area contributed by atoms with Crippen LogP contribution in [0, 0.1) is 0 Å². The van der Waals surface area contributed by atoms with Crippen LogP contribution >= 0.6 is 0 Å². The summed E-state index contributed by atoms with van der Waals surface area (Å²) in [5.41, 5.74) is 5.96. The van der Waals surface area contributed by atoms with Crippen LogP contribution in [-0.4, -0.2) is 26.9 Å². The van der Waals surface area contributed by atoms with Gasteiger partial charge in [-0.1, -0.05) is 32.0 Å². The third-order valence-corrected chi connectivity index (χ3v) is 4.91. The first-order valence-corrected chi connectivity index (χ1v) is 9.21. The van der Waals surface area contributed by atoms with Crippen LogP contribution in [0.1, 0.15) is 25.0 Å². The zero-order valence-corrected chi connectivity index (χ0v) is 15.8. The summed E-state index contributed by atoms with van der Waals surface area (Å²) in [5.74, 6) is 1.24. The van der Waals surface area contributed by atoms with E-state index in [9.17, 15) is 0 Å². The van der Waals surface area contributed by atoms with Crippen molar-refractivity contribution in [2.24, 2.45) is 0 Å². The highest BCUT2D eigenvalue weighted by Crippen LogP contribution is 2.30. The van der Waals surface area contributed by atoms with Crippen molar-refractivity contribution in [3.05, 3.63) is 66.0 Å². The maximum atomic E-state index is 5.09. The lowest BCUT2D eigenvalue weighted by molar-refractivity contribution is 0.391. The van der Waals surface area contributed by atoms with Crippen LogP contribution in [0.5, 0.6) is 5.88 Å². The minimum atomic E-state index is 0.499. The highest BCUT2D eigenvalue weighted by atomic mass is 16.5. The first kappa shape index (κ1) is 17.2. The molecule has 3 heterocycles. The fourth-order valence-corrected chi connectivity index (χ4v) is 3.49. The van der Waals surface area contributed by atoms with Crippen LogP contribution in [0.3, 0.4) is 0 Å². The number of aromatic nitrogens is 4. The molecule has 0 aliphatic heterocycles. The largest absolute Gasteiger partial charge is 0.480 e. The van der Waals surface area contributed by atoms with Crippen molar-refractivity contribution in [2.45, 2.75) is 26.7 Å². The molecule has 0 saturated heterocycles. The van der Waals surface area contributed by atoms with Crippen molar-refractivity contribution >= 4 is 10.9 Å². The Balaban J connectivity index is 1.81. The molecule has 0 spiro atoms. The molecule has 1 aromatic carbocycles. The number of aryl methyl sites for hydroxylation is 2. The van der Waals surface area contributed by atoms with Gasteiger partial charge in [-0.25, -0.2) is 0 Å². The van der Waals surface area contributed by atoms with Gasteiger partial charge in [-0.3, -0.25) is 9.55 Å². The van der Waals surface area contributed by atoms with Gasteiger partial charge in [0.25, 0.3) is 0 Å². The van der Waals surface area contributed by atoms with E-state index in [2.05, 4.69) is 54.4 Å². The molecule has 136 valence electrons. The Morgan fingerprint density at radius 1 is 0.963 bits per heavy atom. The fourth-order valence-electron chi connectivity index (χ4n) is 3.49. The summed E-state index contributed by atoms with van der Waals surface area (Å²) in [6, 6.07) is 14.5. The van der Waals surface area contributed by atoms with Gasteiger partial charge in [-0.2, -0.15) is 0 Å². The second kappa shape index (κ2) is 7.19. The average molecular weight is 358 g/mol. The van der Waals surface area contributed by atoms with E-state index in [-0.39, 0.29) is 0 Å². The molecular weight excluding hydrogens is 336 g/mol. The van der Waals surface area contributed by atoms with Crippen molar-refractivity contribution < 1.29 is 4.74 Å². The molecule has 0 fully saturated rings. The summed E-state index contributed by atoms with van der Waals surface area (Å²) >= 11 is 0. The third kappa shape index (κ3) is 3.05. The monoisotopic (exact) mass is 358 g/mol. The van der Waals surface area contributed by atoms with Gasteiger partial charge >= 0.3 is 0 Å². The number of pyridine rings is 1. The Bertz CT molecular complexity index is 1060. The normalized spacial score (nSPS) is 11.1. The molecule has 0 unspecified atom stereocenters.